The first-order chi connectivity index (χ1) is 15.1. The van der Waals surface area contributed by atoms with Crippen LogP contribution in [0.5, 0.6) is 0 Å². The number of hydrogen-bond donors (Lipinski definition) is 2. The van der Waals surface area contributed by atoms with Gasteiger partial charge >= 0.3 is 11.9 Å². The molecular formula is C25H33NO6. The van der Waals surface area contributed by atoms with Crippen LogP contribution in [0.25, 0.3) is 0 Å². The Kier molecular flexibility index (Phi) is 4.82. The van der Waals surface area contributed by atoms with Crippen molar-refractivity contribution < 1.29 is 29.3 Å². The molecule has 7 nitrogen and oxygen atoms in total. The van der Waals surface area contributed by atoms with Crippen molar-refractivity contribution >= 4 is 11.9 Å². The van der Waals surface area contributed by atoms with Crippen molar-refractivity contribution in [3.05, 3.63) is 11.6 Å². The Morgan fingerprint density at radius 3 is 2.56 bits per heavy atom. The topological polar surface area (TPSA) is 117 Å². The normalized spacial score (nSPS) is 49.7. The van der Waals surface area contributed by atoms with E-state index in [9.17, 15) is 25.1 Å². The second-order valence-corrected chi connectivity index (χ2v) is 11.1. The summed E-state index contributed by atoms with van der Waals surface area (Å²) >= 11 is 0. The van der Waals surface area contributed by atoms with E-state index in [1.165, 1.54) is 6.92 Å². The Morgan fingerprint density at radius 1 is 1.16 bits per heavy atom. The minimum atomic E-state index is -1.21. The maximum Gasteiger partial charge on any atom is 0.331 e. The van der Waals surface area contributed by atoms with Crippen LogP contribution in [0.2, 0.25) is 0 Å². The second kappa shape index (κ2) is 7.04. The van der Waals surface area contributed by atoms with Crippen molar-refractivity contribution in [2.45, 2.75) is 88.9 Å². The maximum absolute atomic E-state index is 12.2. The molecular weight excluding hydrogens is 410 g/mol. The predicted octanol–water partition coefficient (Wildman–Crippen LogP) is 2.79. The van der Waals surface area contributed by atoms with Crippen LogP contribution in [0.4, 0.5) is 0 Å². The summed E-state index contributed by atoms with van der Waals surface area (Å²) in [6.45, 7) is 3.82. The lowest BCUT2D eigenvalue weighted by molar-refractivity contribution is -0.244. The molecule has 32 heavy (non-hydrogen) atoms. The first kappa shape index (κ1) is 21.9. The standard InChI is InChI=1S/C25H33NO6/c1-15(27)32-17-3-8-23(14-26)19-4-7-22(2)18(16-11-21(28)31-13-16)6-10-25(22,30)20(19)5-9-24(23,29)12-17/h11,17-20,29-30H,3-10,12-13H2,1-2H3/t17?,18?,19-,20+,22?,23?,24?,25?/m0/s1. The molecule has 6 unspecified atom stereocenters. The maximum atomic E-state index is 12.2. The van der Waals surface area contributed by atoms with Crippen LogP contribution in [-0.2, 0) is 19.1 Å². The highest BCUT2D eigenvalue weighted by Gasteiger charge is 2.71. The lowest BCUT2D eigenvalue weighted by Crippen LogP contribution is -2.68. The summed E-state index contributed by atoms with van der Waals surface area (Å²) in [5, 5.41) is 34.4. The zero-order chi connectivity index (χ0) is 22.9. The minimum absolute atomic E-state index is 0.0740. The number of hydrogen-bond acceptors (Lipinski definition) is 7. The van der Waals surface area contributed by atoms with Crippen LogP contribution in [0.15, 0.2) is 11.6 Å². The van der Waals surface area contributed by atoms with Crippen LogP contribution in [0, 0.1) is 39.9 Å². The molecule has 4 saturated carbocycles. The van der Waals surface area contributed by atoms with E-state index in [0.29, 0.717) is 38.7 Å². The van der Waals surface area contributed by atoms with Crippen LogP contribution < -0.4 is 0 Å². The molecule has 0 aromatic rings. The number of fused-ring (bicyclic) bond motifs is 5. The van der Waals surface area contributed by atoms with Gasteiger partial charge in [0.05, 0.1) is 22.7 Å². The van der Waals surface area contributed by atoms with Crippen molar-refractivity contribution in [3.8, 4) is 6.07 Å². The lowest BCUT2D eigenvalue weighted by Gasteiger charge is -2.64. The van der Waals surface area contributed by atoms with Gasteiger partial charge in [-0.2, -0.15) is 5.26 Å². The summed E-state index contributed by atoms with van der Waals surface area (Å²) in [4.78, 5) is 23.2. The number of carbonyl (C=O) groups excluding carboxylic acids is 2. The summed E-state index contributed by atoms with van der Waals surface area (Å²) in [5.74, 6) is -0.742. The SMILES string of the molecule is CC(=O)OC1CCC2(C#N)[C@H]3CCC4(C)C(C5=CC(=O)OC5)CCC4(O)[C@@H]3CCC2(O)C1. The Morgan fingerprint density at radius 2 is 1.91 bits per heavy atom. The Balaban J connectivity index is 1.47. The molecule has 0 radical (unpaired) electrons. The molecule has 0 spiro atoms. The monoisotopic (exact) mass is 443 g/mol. The molecule has 5 aliphatic rings. The van der Waals surface area contributed by atoms with Crippen molar-refractivity contribution in [1.29, 1.82) is 5.26 Å². The van der Waals surface area contributed by atoms with E-state index in [2.05, 4.69) is 13.0 Å². The molecule has 0 saturated heterocycles. The third-order valence-electron chi connectivity index (χ3n) is 10.1. The Bertz CT molecular complexity index is 924. The average molecular weight is 444 g/mol. The van der Waals surface area contributed by atoms with Crippen LogP contribution in [0.1, 0.15) is 71.6 Å². The van der Waals surface area contributed by atoms with Gasteiger partial charge in [0.15, 0.2) is 0 Å². The molecule has 1 aliphatic heterocycles. The summed E-state index contributed by atoms with van der Waals surface area (Å²) in [5.41, 5.74) is -2.48. The van der Waals surface area contributed by atoms with Gasteiger partial charge in [0, 0.05) is 24.8 Å². The van der Waals surface area contributed by atoms with Gasteiger partial charge in [0.1, 0.15) is 12.7 Å². The van der Waals surface area contributed by atoms with E-state index in [0.717, 1.165) is 24.8 Å². The fourth-order valence-corrected chi connectivity index (χ4v) is 8.58. The van der Waals surface area contributed by atoms with E-state index in [4.69, 9.17) is 9.47 Å². The van der Waals surface area contributed by atoms with E-state index >= 15 is 0 Å². The van der Waals surface area contributed by atoms with Gasteiger partial charge < -0.3 is 19.7 Å². The smallest absolute Gasteiger partial charge is 0.331 e. The lowest BCUT2D eigenvalue weighted by atomic mass is 9.41. The van der Waals surface area contributed by atoms with E-state index in [1.807, 2.05) is 0 Å². The number of esters is 2. The van der Waals surface area contributed by atoms with Crippen LogP contribution in [0.3, 0.4) is 0 Å². The Hall–Kier alpha value is -1.91. The molecule has 0 aromatic heterocycles. The average Bonchev–Trinajstić information content (AvgIpc) is 3.27. The summed E-state index contributed by atoms with van der Waals surface area (Å²) in [6.07, 6.45) is 6.56. The van der Waals surface area contributed by atoms with Gasteiger partial charge in [-0.05, 0) is 74.7 Å². The molecule has 0 amide bonds. The zero-order valence-corrected chi connectivity index (χ0v) is 18.9. The van der Waals surface area contributed by atoms with Crippen LogP contribution in [-0.4, -0.2) is 46.1 Å². The largest absolute Gasteiger partial charge is 0.462 e. The molecule has 5 rings (SSSR count). The van der Waals surface area contributed by atoms with Gasteiger partial charge in [0.2, 0.25) is 0 Å². The molecule has 2 N–H and O–H groups in total. The number of ether oxygens (including phenoxy) is 2. The fourth-order valence-electron chi connectivity index (χ4n) is 8.58. The summed E-state index contributed by atoms with van der Waals surface area (Å²) < 4.78 is 10.6. The zero-order valence-electron chi connectivity index (χ0n) is 18.9. The highest BCUT2D eigenvalue weighted by Crippen LogP contribution is 2.70. The first-order valence-corrected chi connectivity index (χ1v) is 12.0. The number of nitriles is 1. The molecule has 174 valence electrons. The molecule has 4 fully saturated rings. The molecule has 8 atom stereocenters. The quantitative estimate of drug-likeness (QED) is 0.630. The highest BCUT2D eigenvalue weighted by atomic mass is 16.5. The molecule has 0 aromatic carbocycles. The summed E-state index contributed by atoms with van der Waals surface area (Å²) in [7, 11) is 0. The van der Waals surface area contributed by atoms with Crippen LogP contribution >= 0.6 is 0 Å². The van der Waals surface area contributed by atoms with Gasteiger partial charge in [0.25, 0.3) is 0 Å². The van der Waals surface area contributed by atoms with E-state index < -0.39 is 16.6 Å². The van der Waals surface area contributed by atoms with E-state index in [-0.39, 0.29) is 47.6 Å². The number of rotatable bonds is 2. The fraction of sp³-hybridized carbons (Fsp3) is 0.800. The molecule has 0 bridgehead atoms. The first-order valence-electron chi connectivity index (χ1n) is 12.0. The highest BCUT2D eigenvalue weighted by molar-refractivity contribution is 5.85. The van der Waals surface area contributed by atoms with E-state index in [1.54, 1.807) is 6.08 Å². The Labute approximate surface area is 188 Å². The predicted molar refractivity (Wildman–Crippen MR) is 113 cm³/mol. The van der Waals surface area contributed by atoms with Crippen molar-refractivity contribution in [1.82, 2.24) is 0 Å². The second-order valence-electron chi connectivity index (χ2n) is 11.1. The van der Waals surface area contributed by atoms with Gasteiger partial charge in [-0.25, -0.2) is 4.79 Å². The van der Waals surface area contributed by atoms with Gasteiger partial charge in [-0.3, -0.25) is 4.79 Å². The number of nitrogens with zero attached hydrogens (tertiary/aromatic N) is 1. The van der Waals surface area contributed by atoms with Crippen molar-refractivity contribution in [2.75, 3.05) is 6.61 Å². The van der Waals surface area contributed by atoms with Gasteiger partial charge in [-0.15, -0.1) is 0 Å². The van der Waals surface area contributed by atoms with Crippen molar-refractivity contribution in [2.24, 2.45) is 28.6 Å². The summed E-state index contributed by atoms with van der Waals surface area (Å²) in [6, 6.07) is 2.54. The number of aliphatic hydroxyl groups is 2. The molecule has 4 aliphatic carbocycles. The van der Waals surface area contributed by atoms with Crippen molar-refractivity contribution in [3.63, 3.8) is 0 Å². The third kappa shape index (κ3) is 2.72. The molecule has 7 heteroatoms. The molecule has 1 heterocycles. The van der Waals surface area contributed by atoms with Gasteiger partial charge in [-0.1, -0.05) is 6.92 Å². The minimum Gasteiger partial charge on any atom is -0.462 e. The number of carbonyl (C=O) groups is 2. The third-order valence-corrected chi connectivity index (χ3v) is 10.1. The number of cyclic esters (lactones) is 1.